The first-order valence-corrected chi connectivity index (χ1v) is 5.77. The molecule has 2 rings (SSSR count). The lowest BCUT2D eigenvalue weighted by Crippen LogP contribution is -2.07. The third-order valence-corrected chi connectivity index (χ3v) is 3.70. The van der Waals surface area contributed by atoms with Crippen molar-refractivity contribution in [2.45, 2.75) is 6.92 Å². The van der Waals surface area contributed by atoms with Gasteiger partial charge < -0.3 is 15.4 Å². The first-order valence-electron chi connectivity index (χ1n) is 4.95. The van der Waals surface area contributed by atoms with Crippen LogP contribution in [0.4, 0.5) is 10.8 Å². The van der Waals surface area contributed by atoms with E-state index in [0.29, 0.717) is 5.69 Å². The summed E-state index contributed by atoms with van der Waals surface area (Å²) in [6, 6.07) is 1.95. The van der Waals surface area contributed by atoms with Gasteiger partial charge in [-0.2, -0.15) is 0 Å². The summed E-state index contributed by atoms with van der Waals surface area (Å²) in [5.74, 6) is 0.721. The largest absolute Gasteiger partial charge is 0.495 e. The highest BCUT2D eigenvalue weighted by atomic mass is 32.1. The molecule has 1 aromatic carbocycles. The molecule has 1 aromatic heterocycles. The first-order chi connectivity index (χ1) is 7.54. The van der Waals surface area contributed by atoms with E-state index in [1.165, 1.54) is 0 Å². The molecule has 0 aliphatic carbocycles. The van der Waals surface area contributed by atoms with Crippen molar-refractivity contribution in [2.75, 3.05) is 31.8 Å². The summed E-state index contributed by atoms with van der Waals surface area (Å²) in [4.78, 5) is 6.55. The second-order valence-corrected chi connectivity index (χ2v) is 4.86. The zero-order chi connectivity index (χ0) is 11.9. The Hall–Kier alpha value is -1.49. The van der Waals surface area contributed by atoms with Crippen molar-refractivity contribution < 1.29 is 4.74 Å². The summed E-state index contributed by atoms with van der Waals surface area (Å²) >= 11 is 1.64. The molecule has 2 N–H and O–H groups in total. The number of nitrogens with two attached hydrogens (primary N) is 1. The lowest BCUT2D eigenvalue weighted by Gasteiger charge is -2.07. The topological polar surface area (TPSA) is 51.4 Å². The van der Waals surface area contributed by atoms with E-state index in [2.05, 4.69) is 4.98 Å². The molecular weight excluding hydrogens is 222 g/mol. The number of thiazole rings is 1. The highest BCUT2D eigenvalue weighted by Crippen LogP contribution is 2.37. The highest BCUT2D eigenvalue weighted by Gasteiger charge is 2.13. The SMILES string of the molecule is COc1cc2sc(N(C)C)nc2c(C)c1N. The Labute approximate surface area is 98.6 Å². The van der Waals surface area contributed by atoms with E-state index >= 15 is 0 Å². The van der Waals surface area contributed by atoms with E-state index in [0.717, 1.165) is 26.7 Å². The fourth-order valence-corrected chi connectivity index (χ4v) is 2.53. The van der Waals surface area contributed by atoms with Gasteiger partial charge in [0.05, 0.1) is 23.0 Å². The van der Waals surface area contributed by atoms with Gasteiger partial charge in [-0.05, 0) is 6.92 Å². The average Bonchev–Trinajstić information content (AvgIpc) is 2.67. The number of anilines is 2. The van der Waals surface area contributed by atoms with Gasteiger partial charge in [-0.1, -0.05) is 11.3 Å². The van der Waals surface area contributed by atoms with Gasteiger partial charge in [-0.3, -0.25) is 0 Å². The summed E-state index contributed by atoms with van der Waals surface area (Å²) < 4.78 is 6.35. The number of fused-ring (bicyclic) bond motifs is 1. The molecular formula is C11H15N3OS. The molecule has 16 heavy (non-hydrogen) atoms. The summed E-state index contributed by atoms with van der Waals surface area (Å²) in [5, 5.41) is 0.978. The molecule has 0 aliphatic rings. The normalized spacial score (nSPS) is 10.8. The van der Waals surface area contributed by atoms with Crippen molar-refractivity contribution in [3.8, 4) is 5.75 Å². The zero-order valence-corrected chi connectivity index (χ0v) is 10.7. The minimum Gasteiger partial charge on any atom is -0.495 e. The lowest BCUT2D eigenvalue weighted by atomic mass is 10.1. The van der Waals surface area contributed by atoms with Crippen molar-refractivity contribution in [3.63, 3.8) is 0 Å². The van der Waals surface area contributed by atoms with Crippen molar-refractivity contribution >= 4 is 32.4 Å². The van der Waals surface area contributed by atoms with E-state index in [1.807, 2.05) is 32.0 Å². The number of aromatic nitrogens is 1. The van der Waals surface area contributed by atoms with E-state index in [4.69, 9.17) is 10.5 Å². The maximum absolute atomic E-state index is 5.97. The Morgan fingerprint density at radius 2 is 2.12 bits per heavy atom. The standard InChI is InChI=1S/C11H15N3OS/c1-6-9(12)7(15-4)5-8-10(6)13-11(16-8)14(2)3/h5H,12H2,1-4H3. The van der Waals surface area contributed by atoms with Crippen LogP contribution in [0.3, 0.4) is 0 Å². The van der Waals surface area contributed by atoms with Gasteiger partial charge in [-0.15, -0.1) is 0 Å². The second kappa shape index (κ2) is 3.83. The number of benzene rings is 1. The number of hydrogen-bond acceptors (Lipinski definition) is 5. The molecule has 2 aromatic rings. The Bertz CT molecular complexity index is 533. The van der Waals surface area contributed by atoms with E-state index in [1.54, 1.807) is 18.4 Å². The Balaban J connectivity index is 2.72. The van der Waals surface area contributed by atoms with Gasteiger partial charge in [-0.25, -0.2) is 4.98 Å². The minimum atomic E-state index is 0.672. The van der Waals surface area contributed by atoms with Crippen LogP contribution in [0, 0.1) is 6.92 Å². The summed E-state index contributed by atoms with van der Waals surface area (Å²) in [6.45, 7) is 1.97. The molecule has 0 radical (unpaired) electrons. The molecule has 0 spiro atoms. The number of hydrogen-bond donors (Lipinski definition) is 1. The van der Waals surface area contributed by atoms with Gasteiger partial charge >= 0.3 is 0 Å². The summed E-state index contributed by atoms with van der Waals surface area (Å²) in [6.07, 6.45) is 0. The minimum absolute atomic E-state index is 0.672. The van der Waals surface area contributed by atoms with Gasteiger partial charge in [0.1, 0.15) is 5.75 Å². The van der Waals surface area contributed by atoms with Crippen LogP contribution in [0.1, 0.15) is 5.56 Å². The molecule has 0 fully saturated rings. The Morgan fingerprint density at radius 3 is 2.69 bits per heavy atom. The van der Waals surface area contributed by atoms with Crippen LogP contribution in [0.25, 0.3) is 10.2 Å². The zero-order valence-electron chi connectivity index (χ0n) is 9.87. The van der Waals surface area contributed by atoms with Crippen LogP contribution in [-0.2, 0) is 0 Å². The van der Waals surface area contributed by atoms with Crippen LogP contribution in [0.15, 0.2) is 6.07 Å². The maximum Gasteiger partial charge on any atom is 0.185 e. The third kappa shape index (κ3) is 1.57. The van der Waals surface area contributed by atoms with Gasteiger partial charge in [0.2, 0.25) is 0 Å². The van der Waals surface area contributed by atoms with E-state index in [-0.39, 0.29) is 0 Å². The number of nitrogen functional groups attached to an aromatic ring is 1. The molecule has 0 aliphatic heterocycles. The summed E-state index contributed by atoms with van der Waals surface area (Å²) in [5.41, 5.74) is 8.59. The van der Waals surface area contributed by atoms with Crippen LogP contribution >= 0.6 is 11.3 Å². The van der Waals surface area contributed by atoms with Crippen LogP contribution in [0.5, 0.6) is 5.75 Å². The first kappa shape index (κ1) is 11.0. The van der Waals surface area contributed by atoms with Crippen LogP contribution in [0.2, 0.25) is 0 Å². The highest BCUT2D eigenvalue weighted by molar-refractivity contribution is 7.22. The fourth-order valence-electron chi connectivity index (χ4n) is 1.56. The van der Waals surface area contributed by atoms with Crippen molar-refractivity contribution in [1.29, 1.82) is 0 Å². The van der Waals surface area contributed by atoms with Crippen LogP contribution in [-0.4, -0.2) is 26.2 Å². The Morgan fingerprint density at radius 1 is 1.44 bits per heavy atom. The van der Waals surface area contributed by atoms with E-state index < -0.39 is 0 Å². The maximum atomic E-state index is 5.97. The molecule has 0 amide bonds. The molecule has 1 heterocycles. The third-order valence-electron chi connectivity index (χ3n) is 2.53. The van der Waals surface area contributed by atoms with Gasteiger partial charge in [0.15, 0.2) is 5.13 Å². The Kier molecular flexibility index (Phi) is 2.63. The number of aryl methyl sites for hydroxylation is 1. The van der Waals surface area contributed by atoms with Crippen molar-refractivity contribution in [3.05, 3.63) is 11.6 Å². The number of ether oxygens (including phenoxy) is 1. The average molecular weight is 237 g/mol. The second-order valence-electron chi connectivity index (χ2n) is 3.86. The summed E-state index contributed by atoms with van der Waals surface area (Å²) in [7, 11) is 5.59. The van der Waals surface area contributed by atoms with Crippen molar-refractivity contribution in [1.82, 2.24) is 4.98 Å². The number of methoxy groups -OCH3 is 1. The lowest BCUT2D eigenvalue weighted by molar-refractivity contribution is 0.417. The predicted octanol–water partition coefficient (Wildman–Crippen LogP) is 2.26. The molecule has 0 saturated carbocycles. The molecule has 0 unspecified atom stereocenters. The molecule has 86 valence electrons. The number of nitrogens with zero attached hydrogens (tertiary/aromatic N) is 2. The van der Waals surface area contributed by atoms with E-state index in [9.17, 15) is 0 Å². The monoisotopic (exact) mass is 237 g/mol. The number of rotatable bonds is 2. The quantitative estimate of drug-likeness (QED) is 0.814. The van der Waals surface area contributed by atoms with Crippen molar-refractivity contribution in [2.24, 2.45) is 0 Å². The van der Waals surface area contributed by atoms with Gasteiger partial charge in [0.25, 0.3) is 0 Å². The fraction of sp³-hybridized carbons (Fsp3) is 0.364. The smallest absolute Gasteiger partial charge is 0.185 e. The molecule has 4 nitrogen and oxygen atoms in total. The predicted molar refractivity (Wildman–Crippen MR) is 69.6 cm³/mol. The van der Waals surface area contributed by atoms with Gasteiger partial charge in [0, 0.05) is 25.7 Å². The molecule has 0 bridgehead atoms. The van der Waals surface area contributed by atoms with Crippen LogP contribution < -0.4 is 15.4 Å². The molecule has 0 atom stereocenters. The molecule has 0 saturated heterocycles. The molecule has 5 heteroatoms.